The maximum absolute atomic E-state index is 12.9. The van der Waals surface area contributed by atoms with Crippen molar-refractivity contribution in [3.05, 3.63) is 112 Å². The molecule has 206 valence electrons. The van der Waals surface area contributed by atoms with E-state index in [9.17, 15) is 4.79 Å². The number of carbonyl (C=O) groups is 1. The maximum atomic E-state index is 12.9. The van der Waals surface area contributed by atoms with Gasteiger partial charge >= 0.3 is 0 Å². The summed E-state index contributed by atoms with van der Waals surface area (Å²) in [6, 6.07) is 25.0. The van der Waals surface area contributed by atoms with E-state index in [4.69, 9.17) is 11.6 Å². The van der Waals surface area contributed by atoms with Crippen LogP contribution in [0.4, 0.5) is 5.69 Å². The van der Waals surface area contributed by atoms with Crippen molar-refractivity contribution in [3.8, 4) is 0 Å². The van der Waals surface area contributed by atoms with Gasteiger partial charge in [0.1, 0.15) is 0 Å². The predicted molar refractivity (Wildman–Crippen MR) is 172 cm³/mol. The lowest BCUT2D eigenvalue weighted by molar-refractivity contribution is 0.0954. The quantitative estimate of drug-likeness (QED) is 0.150. The molecule has 0 aliphatic heterocycles. The van der Waals surface area contributed by atoms with Crippen molar-refractivity contribution >= 4 is 52.0 Å². The van der Waals surface area contributed by atoms with Crippen molar-refractivity contribution in [1.82, 2.24) is 10.0 Å². The SMILES string of the molecule is CC(C)C1C=Cc2c(Cc3ccc(C(=O)NCCNSc4cccc5c(N(C)C)cccc45)c(Cl)c3)cccc21. The van der Waals surface area contributed by atoms with Crippen LogP contribution in [0.5, 0.6) is 0 Å². The van der Waals surface area contributed by atoms with E-state index in [-0.39, 0.29) is 5.91 Å². The molecule has 0 heterocycles. The van der Waals surface area contributed by atoms with Crippen molar-refractivity contribution in [2.75, 3.05) is 32.1 Å². The van der Waals surface area contributed by atoms with Crippen molar-refractivity contribution in [2.45, 2.75) is 31.1 Å². The predicted octanol–water partition coefficient (Wildman–Crippen LogP) is 7.94. The fourth-order valence-electron chi connectivity index (χ4n) is 5.43. The second-order valence-corrected chi connectivity index (χ2v) is 12.2. The van der Waals surface area contributed by atoms with Gasteiger partial charge in [-0.1, -0.05) is 86.1 Å². The Balaban J connectivity index is 1.15. The fourth-order valence-corrected chi connectivity index (χ4v) is 6.52. The number of hydrogen-bond acceptors (Lipinski definition) is 4. The lowest BCUT2D eigenvalue weighted by Crippen LogP contribution is -2.30. The zero-order valence-electron chi connectivity index (χ0n) is 23.5. The first kappa shape index (κ1) is 28.3. The molecule has 4 aromatic rings. The van der Waals surface area contributed by atoms with E-state index in [0.717, 1.165) is 16.9 Å². The number of carbonyl (C=O) groups excluding carboxylic acids is 1. The molecule has 0 aromatic heterocycles. The fraction of sp³-hybridized carbons (Fsp3) is 0.265. The van der Waals surface area contributed by atoms with E-state index in [2.05, 4.69) is 110 Å². The molecule has 0 fully saturated rings. The van der Waals surface area contributed by atoms with Crippen molar-refractivity contribution in [3.63, 3.8) is 0 Å². The minimum absolute atomic E-state index is 0.160. The normalized spacial score (nSPS) is 14.1. The second-order valence-electron chi connectivity index (χ2n) is 10.8. The summed E-state index contributed by atoms with van der Waals surface area (Å²) in [4.78, 5) is 16.1. The number of halogens is 1. The zero-order chi connectivity index (χ0) is 28.2. The van der Waals surface area contributed by atoms with Crippen LogP contribution in [0.1, 0.15) is 52.4 Å². The van der Waals surface area contributed by atoms with Crippen LogP contribution in [-0.2, 0) is 6.42 Å². The molecule has 1 amide bonds. The van der Waals surface area contributed by atoms with Crippen LogP contribution in [0.15, 0.2) is 83.8 Å². The first-order valence-corrected chi connectivity index (χ1v) is 15.0. The highest BCUT2D eigenvalue weighted by atomic mass is 35.5. The molecule has 1 aliphatic carbocycles. The molecule has 1 atom stereocenters. The molecule has 0 saturated carbocycles. The number of benzene rings is 4. The van der Waals surface area contributed by atoms with Gasteiger partial charge in [-0.3, -0.25) is 9.52 Å². The lowest BCUT2D eigenvalue weighted by Gasteiger charge is -2.17. The molecule has 1 unspecified atom stereocenters. The number of allylic oxidation sites excluding steroid dienone is 1. The van der Waals surface area contributed by atoms with Crippen LogP contribution in [0, 0.1) is 5.92 Å². The number of nitrogens with one attached hydrogen (secondary N) is 2. The number of amides is 1. The van der Waals surface area contributed by atoms with Gasteiger partial charge in [-0.05, 0) is 76.2 Å². The van der Waals surface area contributed by atoms with Gasteiger partial charge in [0.25, 0.3) is 5.91 Å². The molecule has 0 saturated heterocycles. The number of anilines is 1. The summed E-state index contributed by atoms with van der Waals surface area (Å²) >= 11 is 8.17. The molecular weight excluding hydrogens is 534 g/mol. The monoisotopic (exact) mass is 569 g/mol. The molecular formula is C34H36ClN3OS. The highest BCUT2D eigenvalue weighted by Crippen LogP contribution is 2.38. The topological polar surface area (TPSA) is 44.4 Å². The van der Waals surface area contributed by atoms with Gasteiger partial charge in [0.15, 0.2) is 0 Å². The molecule has 4 aromatic carbocycles. The van der Waals surface area contributed by atoms with Gasteiger partial charge in [0, 0.05) is 49.1 Å². The van der Waals surface area contributed by atoms with Crippen LogP contribution in [0.25, 0.3) is 16.8 Å². The van der Waals surface area contributed by atoms with Crippen molar-refractivity contribution in [1.29, 1.82) is 0 Å². The Kier molecular flexibility index (Phi) is 8.84. The molecule has 0 radical (unpaired) electrons. The highest BCUT2D eigenvalue weighted by Gasteiger charge is 2.22. The van der Waals surface area contributed by atoms with Crippen LogP contribution >= 0.6 is 23.5 Å². The van der Waals surface area contributed by atoms with E-state index < -0.39 is 0 Å². The van der Waals surface area contributed by atoms with Gasteiger partial charge in [0.2, 0.25) is 0 Å². The van der Waals surface area contributed by atoms with Crippen LogP contribution in [-0.4, -0.2) is 33.1 Å². The maximum Gasteiger partial charge on any atom is 0.252 e. The summed E-state index contributed by atoms with van der Waals surface area (Å²) in [6.45, 7) is 5.65. The van der Waals surface area contributed by atoms with Crippen molar-refractivity contribution < 1.29 is 4.79 Å². The smallest absolute Gasteiger partial charge is 0.252 e. The lowest BCUT2D eigenvalue weighted by atomic mass is 9.88. The highest BCUT2D eigenvalue weighted by molar-refractivity contribution is 7.97. The Bertz CT molecular complexity index is 1560. The van der Waals surface area contributed by atoms with Gasteiger partial charge < -0.3 is 10.2 Å². The third-order valence-electron chi connectivity index (χ3n) is 7.49. The number of rotatable bonds is 10. The summed E-state index contributed by atoms with van der Waals surface area (Å²) in [5.74, 6) is 0.885. The van der Waals surface area contributed by atoms with Crippen LogP contribution in [0.3, 0.4) is 0 Å². The number of nitrogens with zero attached hydrogens (tertiary/aromatic N) is 1. The van der Waals surface area contributed by atoms with Gasteiger partial charge in [-0.2, -0.15) is 0 Å². The van der Waals surface area contributed by atoms with E-state index in [1.165, 1.54) is 33.2 Å². The molecule has 6 heteroatoms. The minimum atomic E-state index is -0.160. The summed E-state index contributed by atoms with van der Waals surface area (Å²) in [7, 11) is 4.12. The van der Waals surface area contributed by atoms with Crippen LogP contribution < -0.4 is 14.9 Å². The number of fused-ring (bicyclic) bond motifs is 2. The average molecular weight is 570 g/mol. The standard InChI is InChI=1S/C34H36ClN3OS/c1-22(2)25-16-17-26-24(8-5-9-27(25)26)20-23-14-15-30(31(35)21-23)34(39)36-18-19-37-40-33-13-7-10-28-29(33)11-6-12-32(28)38(3)4/h5-17,21-22,25,37H,18-20H2,1-4H3,(H,36,39). The molecule has 1 aliphatic rings. The summed E-state index contributed by atoms with van der Waals surface area (Å²) < 4.78 is 3.38. The molecule has 2 N–H and O–H groups in total. The van der Waals surface area contributed by atoms with Crippen LogP contribution in [0.2, 0.25) is 5.02 Å². The second kappa shape index (κ2) is 12.5. The third kappa shape index (κ3) is 6.07. The van der Waals surface area contributed by atoms with E-state index in [1.807, 2.05) is 18.2 Å². The largest absolute Gasteiger partial charge is 0.377 e. The van der Waals surface area contributed by atoms with Gasteiger partial charge in [0.05, 0.1) is 10.6 Å². The van der Waals surface area contributed by atoms with Gasteiger partial charge in [-0.25, -0.2) is 0 Å². The Morgan fingerprint density at radius 2 is 1.75 bits per heavy atom. The number of hydrogen-bond donors (Lipinski definition) is 2. The Morgan fingerprint density at radius 3 is 2.52 bits per heavy atom. The zero-order valence-corrected chi connectivity index (χ0v) is 25.1. The third-order valence-corrected chi connectivity index (χ3v) is 8.72. The first-order valence-electron chi connectivity index (χ1n) is 13.8. The van der Waals surface area contributed by atoms with E-state index in [1.54, 1.807) is 11.9 Å². The Morgan fingerprint density at radius 1 is 0.975 bits per heavy atom. The first-order chi connectivity index (χ1) is 19.3. The Labute approximate surface area is 246 Å². The summed E-state index contributed by atoms with van der Waals surface area (Å²) in [6.07, 6.45) is 5.35. The molecule has 4 nitrogen and oxygen atoms in total. The Hall–Kier alpha value is -3.25. The van der Waals surface area contributed by atoms with Gasteiger partial charge in [-0.15, -0.1) is 0 Å². The molecule has 5 rings (SSSR count). The minimum Gasteiger partial charge on any atom is -0.377 e. The summed E-state index contributed by atoms with van der Waals surface area (Å²) in [5, 5.41) is 5.90. The average Bonchev–Trinajstić information content (AvgIpc) is 3.38. The summed E-state index contributed by atoms with van der Waals surface area (Å²) in [5.41, 5.74) is 6.81. The van der Waals surface area contributed by atoms with E-state index in [0.29, 0.717) is 35.5 Å². The molecule has 40 heavy (non-hydrogen) atoms. The van der Waals surface area contributed by atoms with Crippen molar-refractivity contribution in [2.24, 2.45) is 5.92 Å². The molecule has 0 spiro atoms. The van der Waals surface area contributed by atoms with E-state index >= 15 is 0 Å². The molecule has 0 bridgehead atoms.